The highest BCUT2D eigenvalue weighted by Crippen LogP contribution is 2.47. The molecule has 3 rings (SSSR count). The number of ether oxygens (including phenoxy) is 1. The van der Waals surface area contributed by atoms with Crippen LogP contribution in [0.5, 0.6) is 11.5 Å². The molecule has 0 amide bonds. The van der Waals surface area contributed by atoms with Crippen LogP contribution >= 0.6 is 0 Å². The van der Waals surface area contributed by atoms with Crippen molar-refractivity contribution >= 4 is 0 Å². The minimum Gasteiger partial charge on any atom is -0.457 e. The maximum Gasteiger partial charge on any atom is 0.127 e. The van der Waals surface area contributed by atoms with Gasteiger partial charge in [-0.3, -0.25) is 0 Å². The Morgan fingerprint density at radius 1 is 1.05 bits per heavy atom. The van der Waals surface area contributed by atoms with Crippen LogP contribution in [0.4, 0.5) is 0 Å². The van der Waals surface area contributed by atoms with Crippen molar-refractivity contribution in [2.24, 2.45) is 5.92 Å². The fourth-order valence-electron chi connectivity index (χ4n) is 2.43. The third-order valence-electron chi connectivity index (χ3n) is 3.54. The van der Waals surface area contributed by atoms with Crippen molar-refractivity contribution in [3.63, 3.8) is 0 Å². The maximum absolute atomic E-state index is 8.72. The van der Waals surface area contributed by atoms with E-state index in [9.17, 15) is 0 Å². The van der Waals surface area contributed by atoms with Crippen molar-refractivity contribution in [1.82, 2.24) is 5.48 Å². The van der Waals surface area contributed by atoms with Crippen molar-refractivity contribution in [2.75, 3.05) is 6.54 Å². The van der Waals surface area contributed by atoms with Gasteiger partial charge in [0.05, 0.1) is 0 Å². The first-order chi connectivity index (χ1) is 9.36. The standard InChI is InChI=1S/C16H17NO2/c18-17-11-13-10-16(13)12-5-4-8-15(9-12)19-14-6-2-1-3-7-14/h1-9,13,16-18H,10-11H2/t13-,16-/m0/s1. The van der Waals surface area contributed by atoms with E-state index in [1.807, 2.05) is 42.5 Å². The highest BCUT2D eigenvalue weighted by Gasteiger charge is 2.37. The quantitative estimate of drug-likeness (QED) is 0.803. The molecule has 1 aliphatic rings. The number of para-hydroxylation sites is 1. The molecule has 0 heterocycles. The molecule has 1 saturated carbocycles. The number of benzene rings is 2. The van der Waals surface area contributed by atoms with Gasteiger partial charge in [0.1, 0.15) is 11.5 Å². The van der Waals surface area contributed by atoms with Crippen LogP contribution < -0.4 is 10.2 Å². The number of hydrogen-bond donors (Lipinski definition) is 2. The summed E-state index contributed by atoms with van der Waals surface area (Å²) in [6, 6.07) is 18.0. The van der Waals surface area contributed by atoms with Gasteiger partial charge >= 0.3 is 0 Å². The normalized spacial score (nSPS) is 21.1. The fourth-order valence-corrected chi connectivity index (χ4v) is 2.43. The van der Waals surface area contributed by atoms with Crippen LogP contribution in [0.3, 0.4) is 0 Å². The molecule has 3 heteroatoms. The summed E-state index contributed by atoms with van der Waals surface area (Å²) in [5.41, 5.74) is 3.54. The van der Waals surface area contributed by atoms with Gasteiger partial charge in [-0.2, -0.15) is 0 Å². The van der Waals surface area contributed by atoms with E-state index in [-0.39, 0.29) is 0 Å². The minimum atomic E-state index is 0.539. The Labute approximate surface area is 112 Å². The van der Waals surface area contributed by atoms with E-state index in [2.05, 4.69) is 17.6 Å². The van der Waals surface area contributed by atoms with E-state index < -0.39 is 0 Å². The Hall–Kier alpha value is -1.84. The molecule has 0 unspecified atom stereocenters. The molecule has 1 fully saturated rings. The predicted molar refractivity (Wildman–Crippen MR) is 73.6 cm³/mol. The highest BCUT2D eigenvalue weighted by atomic mass is 16.5. The Morgan fingerprint density at radius 3 is 2.63 bits per heavy atom. The zero-order valence-corrected chi connectivity index (χ0v) is 10.6. The van der Waals surface area contributed by atoms with Crippen LogP contribution in [-0.2, 0) is 0 Å². The summed E-state index contributed by atoms with van der Waals surface area (Å²) in [5.74, 6) is 2.80. The third-order valence-corrected chi connectivity index (χ3v) is 3.54. The average Bonchev–Trinajstić information content (AvgIpc) is 3.20. The SMILES string of the molecule is ONC[C@@H]1C[C@H]1c1cccc(Oc2ccccc2)c1. The second-order valence-electron chi connectivity index (χ2n) is 4.95. The molecular weight excluding hydrogens is 238 g/mol. The lowest BCUT2D eigenvalue weighted by Crippen LogP contribution is -2.11. The second kappa shape index (κ2) is 5.43. The molecule has 2 N–H and O–H groups in total. The van der Waals surface area contributed by atoms with E-state index >= 15 is 0 Å². The molecule has 0 radical (unpaired) electrons. The van der Waals surface area contributed by atoms with Gasteiger partial charge < -0.3 is 9.94 Å². The number of nitrogens with one attached hydrogen (secondary N) is 1. The molecule has 2 atom stereocenters. The molecule has 0 aliphatic heterocycles. The summed E-state index contributed by atoms with van der Waals surface area (Å²) in [7, 11) is 0. The predicted octanol–water partition coefficient (Wildman–Crippen LogP) is 3.56. The maximum atomic E-state index is 8.72. The monoisotopic (exact) mass is 255 g/mol. The topological polar surface area (TPSA) is 41.5 Å². The lowest BCUT2D eigenvalue weighted by molar-refractivity contribution is 0.161. The van der Waals surface area contributed by atoms with E-state index in [0.717, 1.165) is 17.9 Å². The van der Waals surface area contributed by atoms with Gasteiger partial charge in [0, 0.05) is 6.54 Å². The van der Waals surface area contributed by atoms with Gasteiger partial charge in [-0.15, -0.1) is 0 Å². The van der Waals surface area contributed by atoms with E-state index in [1.54, 1.807) is 0 Å². The molecule has 3 nitrogen and oxygen atoms in total. The summed E-state index contributed by atoms with van der Waals surface area (Å²) in [5, 5.41) is 8.72. The Kier molecular flexibility index (Phi) is 3.49. The van der Waals surface area contributed by atoms with Crippen LogP contribution in [-0.4, -0.2) is 11.8 Å². The largest absolute Gasteiger partial charge is 0.457 e. The first-order valence-electron chi connectivity index (χ1n) is 6.56. The van der Waals surface area contributed by atoms with Gasteiger partial charge in [0.15, 0.2) is 0 Å². The van der Waals surface area contributed by atoms with Gasteiger partial charge in [-0.05, 0) is 48.1 Å². The van der Waals surface area contributed by atoms with Gasteiger partial charge in [0.25, 0.3) is 0 Å². The van der Waals surface area contributed by atoms with Crippen molar-refractivity contribution in [2.45, 2.75) is 12.3 Å². The molecule has 19 heavy (non-hydrogen) atoms. The van der Waals surface area contributed by atoms with Gasteiger partial charge in [-0.25, -0.2) is 5.48 Å². The molecule has 98 valence electrons. The van der Waals surface area contributed by atoms with Crippen LogP contribution in [0.15, 0.2) is 54.6 Å². The summed E-state index contributed by atoms with van der Waals surface area (Å²) in [6.07, 6.45) is 1.13. The van der Waals surface area contributed by atoms with E-state index in [4.69, 9.17) is 9.94 Å². The third kappa shape index (κ3) is 2.95. The molecule has 0 aromatic heterocycles. The molecule has 2 aromatic carbocycles. The smallest absolute Gasteiger partial charge is 0.127 e. The Balaban J connectivity index is 1.71. The summed E-state index contributed by atoms with van der Waals surface area (Å²) >= 11 is 0. The summed E-state index contributed by atoms with van der Waals surface area (Å²) in [6.45, 7) is 0.661. The highest BCUT2D eigenvalue weighted by molar-refractivity contribution is 5.37. The van der Waals surface area contributed by atoms with E-state index in [1.165, 1.54) is 5.56 Å². The van der Waals surface area contributed by atoms with Crippen LogP contribution in [0.2, 0.25) is 0 Å². The van der Waals surface area contributed by atoms with Gasteiger partial charge in [-0.1, -0.05) is 30.3 Å². The Bertz CT molecular complexity index is 541. The Morgan fingerprint density at radius 2 is 1.84 bits per heavy atom. The molecule has 2 aromatic rings. The molecule has 0 spiro atoms. The molecular formula is C16H17NO2. The number of hydrogen-bond acceptors (Lipinski definition) is 3. The van der Waals surface area contributed by atoms with Crippen molar-refractivity contribution in [1.29, 1.82) is 0 Å². The van der Waals surface area contributed by atoms with Crippen molar-refractivity contribution < 1.29 is 9.94 Å². The van der Waals surface area contributed by atoms with Crippen LogP contribution in [0, 0.1) is 5.92 Å². The average molecular weight is 255 g/mol. The van der Waals surface area contributed by atoms with E-state index in [0.29, 0.717) is 18.4 Å². The zero-order chi connectivity index (χ0) is 13.1. The fraction of sp³-hybridized carbons (Fsp3) is 0.250. The number of rotatable bonds is 5. The summed E-state index contributed by atoms with van der Waals surface area (Å²) < 4.78 is 5.83. The van der Waals surface area contributed by atoms with Gasteiger partial charge in [0.2, 0.25) is 0 Å². The molecule has 0 bridgehead atoms. The van der Waals surface area contributed by atoms with Crippen molar-refractivity contribution in [3.8, 4) is 11.5 Å². The molecule has 0 saturated heterocycles. The zero-order valence-electron chi connectivity index (χ0n) is 10.6. The molecule has 1 aliphatic carbocycles. The van der Waals surface area contributed by atoms with Crippen LogP contribution in [0.1, 0.15) is 17.9 Å². The minimum absolute atomic E-state index is 0.539. The van der Waals surface area contributed by atoms with Crippen molar-refractivity contribution in [3.05, 3.63) is 60.2 Å². The van der Waals surface area contributed by atoms with Crippen LogP contribution in [0.25, 0.3) is 0 Å². The lowest BCUT2D eigenvalue weighted by Gasteiger charge is -2.07. The number of hydroxylamine groups is 1. The second-order valence-corrected chi connectivity index (χ2v) is 4.95. The first-order valence-corrected chi connectivity index (χ1v) is 6.56. The summed E-state index contributed by atoms with van der Waals surface area (Å²) in [4.78, 5) is 0. The first kappa shape index (κ1) is 12.2. The lowest BCUT2D eigenvalue weighted by atomic mass is 10.1.